The molecule has 0 aromatic heterocycles. The lowest BCUT2D eigenvalue weighted by Gasteiger charge is -2.18. The van der Waals surface area contributed by atoms with E-state index in [9.17, 15) is 9.59 Å². The monoisotopic (exact) mass is 446 g/mol. The van der Waals surface area contributed by atoms with Gasteiger partial charge in [-0.15, -0.1) is 0 Å². The minimum atomic E-state index is -0.433. The molecule has 3 aromatic carbocycles. The molecular weight excluding hydrogens is 424 g/mol. The number of hydrogen-bond donors (Lipinski definition) is 1. The number of halogens is 1. The second-order valence-corrected chi connectivity index (χ2v) is 8.01. The van der Waals surface area contributed by atoms with Crippen LogP contribution in [0.5, 0.6) is 5.75 Å². The number of benzene rings is 3. The van der Waals surface area contributed by atoms with E-state index < -0.39 is 11.8 Å². The highest BCUT2D eigenvalue weighted by atomic mass is 35.5. The SMILES string of the molecule is CCOc1cccc(NC2=C(c3ccc(C)cc3)C(=O)N(c3cc(Cl)ccc3C)C2=O)c1. The Morgan fingerprint density at radius 3 is 2.41 bits per heavy atom. The number of hydrogen-bond acceptors (Lipinski definition) is 4. The molecule has 0 unspecified atom stereocenters. The summed E-state index contributed by atoms with van der Waals surface area (Å²) >= 11 is 6.18. The lowest BCUT2D eigenvalue weighted by atomic mass is 10.0. The number of aryl methyl sites for hydroxylation is 2. The van der Waals surface area contributed by atoms with E-state index in [1.807, 2.05) is 63.2 Å². The van der Waals surface area contributed by atoms with Gasteiger partial charge in [-0.3, -0.25) is 9.59 Å². The topological polar surface area (TPSA) is 58.6 Å². The van der Waals surface area contributed by atoms with Crippen LogP contribution in [-0.4, -0.2) is 18.4 Å². The van der Waals surface area contributed by atoms with Gasteiger partial charge in [0.2, 0.25) is 0 Å². The molecule has 0 aliphatic carbocycles. The maximum Gasteiger partial charge on any atom is 0.282 e. The van der Waals surface area contributed by atoms with Crippen LogP contribution in [0, 0.1) is 13.8 Å². The van der Waals surface area contributed by atoms with Gasteiger partial charge in [0.1, 0.15) is 11.4 Å². The molecule has 4 rings (SSSR count). The Balaban J connectivity index is 1.82. The molecule has 0 fully saturated rings. The van der Waals surface area contributed by atoms with Crippen molar-refractivity contribution >= 4 is 40.4 Å². The van der Waals surface area contributed by atoms with Crippen LogP contribution in [0.2, 0.25) is 5.02 Å². The summed E-state index contributed by atoms with van der Waals surface area (Å²) in [6.07, 6.45) is 0. The molecule has 6 heteroatoms. The molecule has 1 aliphatic rings. The number of imide groups is 1. The van der Waals surface area contributed by atoms with Crippen LogP contribution in [0.15, 0.2) is 72.4 Å². The van der Waals surface area contributed by atoms with Crippen LogP contribution in [0.3, 0.4) is 0 Å². The molecule has 1 aliphatic heterocycles. The predicted molar refractivity (Wildman–Crippen MR) is 128 cm³/mol. The lowest BCUT2D eigenvalue weighted by molar-refractivity contribution is -0.120. The maximum absolute atomic E-state index is 13.6. The minimum Gasteiger partial charge on any atom is -0.494 e. The molecule has 32 heavy (non-hydrogen) atoms. The molecule has 0 bridgehead atoms. The zero-order chi connectivity index (χ0) is 22.8. The van der Waals surface area contributed by atoms with Gasteiger partial charge in [-0.1, -0.05) is 53.6 Å². The maximum atomic E-state index is 13.6. The van der Waals surface area contributed by atoms with Crippen molar-refractivity contribution < 1.29 is 14.3 Å². The van der Waals surface area contributed by atoms with Crippen LogP contribution in [0.4, 0.5) is 11.4 Å². The van der Waals surface area contributed by atoms with Gasteiger partial charge >= 0.3 is 0 Å². The number of carbonyl (C=O) groups is 2. The average molecular weight is 447 g/mol. The summed E-state index contributed by atoms with van der Waals surface area (Å²) in [7, 11) is 0. The van der Waals surface area contributed by atoms with Crippen LogP contribution in [0.25, 0.3) is 5.57 Å². The van der Waals surface area contributed by atoms with E-state index in [-0.39, 0.29) is 5.70 Å². The lowest BCUT2D eigenvalue weighted by Crippen LogP contribution is -2.33. The van der Waals surface area contributed by atoms with E-state index in [2.05, 4.69) is 5.32 Å². The average Bonchev–Trinajstić information content (AvgIpc) is 3.01. The van der Waals surface area contributed by atoms with E-state index in [1.54, 1.807) is 24.3 Å². The van der Waals surface area contributed by atoms with Crippen molar-refractivity contribution in [3.8, 4) is 5.75 Å². The first-order chi connectivity index (χ1) is 15.4. The Morgan fingerprint density at radius 2 is 1.69 bits per heavy atom. The van der Waals surface area contributed by atoms with Gasteiger partial charge in [-0.25, -0.2) is 4.90 Å². The zero-order valence-corrected chi connectivity index (χ0v) is 18.9. The molecule has 3 aromatic rings. The van der Waals surface area contributed by atoms with Crippen molar-refractivity contribution in [2.75, 3.05) is 16.8 Å². The Morgan fingerprint density at radius 1 is 0.938 bits per heavy atom. The summed E-state index contributed by atoms with van der Waals surface area (Å²) in [4.78, 5) is 28.3. The van der Waals surface area contributed by atoms with Crippen LogP contribution in [0.1, 0.15) is 23.6 Å². The quantitative estimate of drug-likeness (QED) is 0.489. The molecule has 0 saturated carbocycles. The van der Waals surface area contributed by atoms with E-state index in [0.717, 1.165) is 11.1 Å². The Hall–Kier alpha value is -3.57. The second kappa shape index (κ2) is 8.89. The third kappa shape index (κ3) is 4.12. The number of nitrogens with zero attached hydrogens (tertiary/aromatic N) is 1. The van der Waals surface area contributed by atoms with Gasteiger partial charge < -0.3 is 10.1 Å². The van der Waals surface area contributed by atoms with Gasteiger partial charge in [-0.05, 0) is 56.2 Å². The highest BCUT2D eigenvalue weighted by Gasteiger charge is 2.40. The Bertz CT molecular complexity index is 1230. The standard InChI is InChI=1S/C26H23ClN2O3/c1-4-32-21-7-5-6-20(15-21)28-24-23(18-11-8-16(2)9-12-18)25(30)29(26(24)31)22-14-19(27)13-10-17(22)3/h5-15,28H,4H2,1-3H3. The summed E-state index contributed by atoms with van der Waals surface area (Å²) in [6.45, 7) is 6.25. The number of ether oxygens (including phenoxy) is 1. The number of amides is 2. The smallest absolute Gasteiger partial charge is 0.282 e. The molecule has 1 heterocycles. The van der Waals surface area contributed by atoms with E-state index in [1.165, 1.54) is 4.90 Å². The Kier molecular flexibility index (Phi) is 6.01. The normalized spacial score (nSPS) is 13.7. The summed E-state index contributed by atoms with van der Waals surface area (Å²) in [6, 6.07) is 20.0. The molecule has 0 atom stereocenters. The second-order valence-electron chi connectivity index (χ2n) is 7.58. The molecule has 1 N–H and O–H groups in total. The molecule has 5 nitrogen and oxygen atoms in total. The van der Waals surface area contributed by atoms with E-state index in [4.69, 9.17) is 16.3 Å². The largest absolute Gasteiger partial charge is 0.494 e. The number of anilines is 2. The summed E-state index contributed by atoms with van der Waals surface area (Å²) in [5.74, 6) is -0.153. The van der Waals surface area contributed by atoms with Crippen LogP contribution < -0.4 is 15.0 Å². The third-order valence-corrected chi connectivity index (χ3v) is 5.49. The molecule has 0 saturated heterocycles. The molecular formula is C26H23ClN2O3. The minimum absolute atomic E-state index is 0.215. The highest BCUT2D eigenvalue weighted by molar-refractivity contribution is 6.46. The third-order valence-electron chi connectivity index (χ3n) is 5.25. The van der Waals surface area contributed by atoms with Gasteiger partial charge in [-0.2, -0.15) is 0 Å². The highest BCUT2D eigenvalue weighted by Crippen LogP contribution is 2.36. The van der Waals surface area contributed by atoms with Crippen molar-refractivity contribution in [3.05, 3.63) is 94.1 Å². The number of rotatable bonds is 6. The van der Waals surface area contributed by atoms with Gasteiger partial charge in [0.25, 0.3) is 11.8 Å². The van der Waals surface area contributed by atoms with Crippen molar-refractivity contribution in [1.29, 1.82) is 0 Å². The molecule has 2 amide bonds. The van der Waals surface area contributed by atoms with Gasteiger partial charge in [0.15, 0.2) is 0 Å². The first-order valence-electron chi connectivity index (χ1n) is 10.3. The molecule has 0 radical (unpaired) electrons. The summed E-state index contributed by atoms with van der Waals surface area (Å²) < 4.78 is 5.57. The van der Waals surface area contributed by atoms with Crippen molar-refractivity contribution in [2.45, 2.75) is 20.8 Å². The van der Waals surface area contributed by atoms with Crippen molar-refractivity contribution in [3.63, 3.8) is 0 Å². The Labute approximate surface area is 192 Å². The first kappa shape index (κ1) is 21.7. The molecule has 162 valence electrons. The van der Waals surface area contributed by atoms with E-state index in [0.29, 0.717) is 39.9 Å². The summed E-state index contributed by atoms with van der Waals surface area (Å²) in [5.41, 5.74) is 4.16. The van der Waals surface area contributed by atoms with Gasteiger partial charge in [0.05, 0.1) is 17.9 Å². The molecule has 0 spiro atoms. The first-order valence-corrected chi connectivity index (χ1v) is 10.7. The number of nitrogens with one attached hydrogen (secondary N) is 1. The fourth-order valence-electron chi connectivity index (χ4n) is 3.65. The van der Waals surface area contributed by atoms with Crippen LogP contribution >= 0.6 is 11.6 Å². The summed E-state index contributed by atoms with van der Waals surface area (Å²) in [5, 5.41) is 3.62. The van der Waals surface area contributed by atoms with Crippen LogP contribution in [-0.2, 0) is 9.59 Å². The van der Waals surface area contributed by atoms with Crippen molar-refractivity contribution in [2.24, 2.45) is 0 Å². The van der Waals surface area contributed by atoms with Gasteiger partial charge in [0, 0.05) is 16.8 Å². The fraction of sp³-hybridized carbons (Fsp3) is 0.154. The number of carbonyl (C=O) groups excluding carboxylic acids is 2. The van der Waals surface area contributed by atoms with E-state index >= 15 is 0 Å². The predicted octanol–water partition coefficient (Wildman–Crippen LogP) is 5.75. The zero-order valence-electron chi connectivity index (χ0n) is 18.1. The fourth-order valence-corrected chi connectivity index (χ4v) is 3.82. The van der Waals surface area contributed by atoms with Crippen molar-refractivity contribution in [1.82, 2.24) is 0 Å².